The van der Waals surface area contributed by atoms with Crippen LogP contribution in [-0.4, -0.2) is 21.6 Å². The Kier molecular flexibility index (Phi) is 5.21. The van der Waals surface area contributed by atoms with Crippen molar-refractivity contribution in [3.63, 3.8) is 0 Å². The first-order valence-electron chi connectivity index (χ1n) is 8.43. The highest BCUT2D eigenvalue weighted by molar-refractivity contribution is 6.14. The van der Waals surface area contributed by atoms with Crippen LogP contribution in [0.15, 0.2) is 42.6 Å². The molecule has 0 aliphatic heterocycles. The minimum absolute atomic E-state index is 0.00931. The van der Waals surface area contributed by atoms with Gasteiger partial charge < -0.3 is 10.6 Å². The lowest BCUT2D eigenvalue weighted by molar-refractivity contribution is 0.0985. The largest absolute Gasteiger partial charge is 0.319 e. The summed E-state index contributed by atoms with van der Waals surface area (Å²) in [7, 11) is 1.48. The van der Waals surface area contributed by atoms with Crippen LogP contribution in [0.1, 0.15) is 32.0 Å². The predicted octanol–water partition coefficient (Wildman–Crippen LogP) is 3.82. The molecule has 3 rings (SSSR count). The third-order valence-corrected chi connectivity index (χ3v) is 4.14. The van der Waals surface area contributed by atoms with Crippen molar-refractivity contribution in [2.45, 2.75) is 13.8 Å². The van der Waals surface area contributed by atoms with E-state index in [0.717, 1.165) is 11.1 Å². The molecule has 0 bridgehead atoms. The zero-order chi connectivity index (χ0) is 20.4. The maximum Gasteiger partial charge on any atom is 0.274 e. The van der Waals surface area contributed by atoms with E-state index in [0.29, 0.717) is 0 Å². The van der Waals surface area contributed by atoms with Crippen LogP contribution in [0.5, 0.6) is 0 Å². The molecule has 2 N–H and O–H groups in total. The highest BCUT2D eigenvalue weighted by Gasteiger charge is 2.23. The molecular weight excluding hydrogens is 366 g/mol. The van der Waals surface area contributed by atoms with Crippen molar-refractivity contribution in [1.29, 1.82) is 0 Å². The lowest BCUT2D eigenvalue weighted by Gasteiger charge is -2.10. The van der Waals surface area contributed by atoms with E-state index < -0.39 is 23.4 Å². The van der Waals surface area contributed by atoms with Gasteiger partial charge >= 0.3 is 0 Å². The summed E-state index contributed by atoms with van der Waals surface area (Å²) in [6.45, 7) is 3.52. The predicted molar refractivity (Wildman–Crippen MR) is 101 cm³/mol. The molecular formula is C20H18F2N4O2. The van der Waals surface area contributed by atoms with Crippen molar-refractivity contribution in [2.24, 2.45) is 7.05 Å². The number of aromatic nitrogens is 2. The lowest BCUT2D eigenvalue weighted by Crippen LogP contribution is -2.22. The number of amides is 2. The highest BCUT2D eigenvalue weighted by atomic mass is 19.1. The van der Waals surface area contributed by atoms with Gasteiger partial charge in [0.25, 0.3) is 11.8 Å². The minimum Gasteiger partial charge on any atom is -0.319 e. The van der Waals surface area contributed by atoms with Crippen molar-refractivity contribution in [3.8, 4) is 0 Å². The first kappa shape index (κ1) is 19.2. The Labute approximate surface area is 160 Å². The van der Waals surface area contributed by atoms with E-state index in [2.05, 4.69) is 15.7 Å². The molecule has 2 aromatic carbocycles. The number of carbonyl (C=O) groups is 2. The zero-order valence-corrected chi connectivity index (χ0v) is 15.5. The zero-order valence-electron chi connectivity index (χ0n) is 15.5. The second-order valence-corrected chi connectivity index (χ2v) is 6.41. The van der Waals surface area contributed by atoms with Crippen LogP contribution in [0.2, 0.25) is 0 Å². The van der Waals surface area contributed by atoms with Crippen LogP contribution in [0.3, 0.4) is 0 Å². The summed E-state index contributed by atoms with van der Waals surface area (Å²) in [4.78, 5) is 25.3. The number of halogens is 2. The number of carbonyl (C=O) groups excluding carboxylic acids is 2. The van der Waals surface area contributed by atoms with Gasteiger partial charge in [0.2, 0.25) is 0 Å². The number of aryl methyl sites for hydroxylation is 3. The van der Waals surface area contributed by atoms with Gasteiger partial charge in [0, 0.05) is 7.05 Å². The quantitative estimate of drug-likeness (QED) is 0.718. The molecule has 28 heavy (non-hydrogen) atoms. The highest BCUT2D eigenvalue weighted by Crippen LogP contribution is 2.20. The maximum atomic E-state index is 13.9. The molecule has 2 amide bonds. The van der Waals surface area contributed by atoms with Gasteiger partial charge in [-0.3, -0.25) is 14.3 Å². The summed E-state index contributed by atoms with van der Waals surface area (Å²) in [5.41, 5.74) is 1.36. The van der Waals surface area contributed by atoms with Crippen LogP contribution in [0.4, 0.5) is 20.2 Å². The van der Waals surface area contributed by atoms with E-state index in [1.807, 2.05) is 0 Å². The van der Waals surface area contributed by atoms with Crippen molar-refractivity contribution in [3.05, 3.63) is 76.6 Å². The number of benzene rings is 2. The Morgan fingerprint density at radius 2 is 1.39 bits per heavy atom. The fraction of sp³-hybridized carbons (Fsp3) is 0.150. The topological polar surface area (TPSA) is 76.0 Å². The van der Waals surface area contributed by atoms with Crippen LogP contribution in [0, 0.1) is 25.5 Å². The number of rotatable bonds is 4. The monoisotopic (exact) mass is 384 g/mol. The Morgan fingerprint density at radius 3 is 1.93 bits per heavy atom. The van der Waals surface area contributed by atoms with Gasteiger partial charge in [-0.1, -0.05) is 12.1 Å². The van der Waals surface area contributed by atoms with Crippen LogP contribution >= 0.6 is 0 Å². The summed E-state index contributed by atoms with van der Waals surface area (Å²) < 4.78 is 29.1. The third kappa shape index (κ3) is 3.90. The van der Waals surface area contributed by atoms with Crippen molar-refractivity contribution in [1.82, 2.24) is 9.78 Å². The lowest BCUT2D eigenvalue weighted by atomic mass is 10.1. The summed E-state index contributed by atoms with van der Waals surface area (Å²) in [5.74, 6) is -2.61. The first-order valence-corrected chi connectivity index (χ1v) is 8.43. The molecule has 6 nitrogen and oxygen atoms in total. The minimum atomic E-state index is -0.709. The molecule has 1 heterocycles. The van der Waals surface area contributed by atoms with Crippen molar-refractivity contribution < 1.29 is 18.4 Å². The molecule has 144 valence electrons. The normalized spacial score (nSPS) is 10.6. The number of nitrogens with zero attached hydrogens (tertiary/aromatic N) is 2. The molecule has 0 aliphatic carbocycles. The van der Waals surface area contributed by atoms with Gasteiger partial charge in [-0.15, -0.1) is 0 Å². The third-order valence-electron chi connectivity index (χ3n) is 4.14. The second-order valence-electron chi connectivity index (χ2n) is 6.41. The van der Waals surface area contributed by atoms with E-state index in [1.165, 1.54) is 42.2 Å². The average Bonchev–Trinajstić information content (AvgIpc) is 3.03. The van der Waals surface area contributed by atoms with Gasteiger partial charge in [-0.2, -0.15) is 5.10 Å². The second kappa shape index (κ2) is 7.59. The molecule has 0 spiro atoms. The molecule has 3 aromatic rings. The Balaban J connectivity index is 1.88. The van der Waals surface area contributed by atoms with Crippen LogP contribution in [0.25, 0.3) is 0 Å². The van der Waals surface area contributed by atoms with Crippen LogP contribution < -0.4 is 10.6 Å². The molecule has 0 atom stereocenters. The molecule has 0 saturated heterocycles. The van der Waals surface area contributed by atoms with E-state index in [-0.39, 0.29) is 22.6 Å². The van der Waals surface area contributed by atoms with Gasteiger partial charge in [0.15, 0.2) is 0 Å². The van der Waals surface area contributed by atoms with E-state index >= 15 is 0 Å². The fourth-order valence-electron chi connectivity index (χ4n) is 2.71. The summed E-state index contributed by atoms with van der Waals surface area (Å²) in [6.07, 6.45) is 1.20. The molecule has 1 aromatic heterocycles. The number of nitrogens with one attached hydrogen (secondary N) is 2. The van der Waals surface area contributed by atoms with E-state index in [4.69, 9.17) is 0 Å². The van der Waals surface area contributed by atoms with Gasteiger partial charge in [0.1, 0.15) is 17.3 Å². The van der Waals surface area contributed by atoms with E-state index in [9.17, 15) is 18.4 Å². The average molecular weight is 384 g/mol. The molecule has 8 heteroatoms. The van der Waals surface area contributed by atoms with Gasteiger partial charge in [-0.05, 0) is 49.2 Å². The molecule has 0 saturated carbocycles. The number of hydrogen-bond donors (Lipinski definition) is 2. The summed E-state index contributed by atoms with van der Waals surface area (Å²) in [6, 6.07) is 8.58. The van der Waals surface area contributed by atoms with E-state index in [1.54, 1.807) is 26.0 Å². The summed E-state index contributed by atoms with van der Waals surface area (Å²) in [5, 5.41) is 8.81. The van der Waals surface area contributed by atoms with Gasteiger partial charge in [-0.25, -0.2) is 8.78 Å². The standard InChI is InChI=1S/C20H18F2N4O2/c1-11-4-6-14(21)16(8-11)24-19(27)13-10-23-26(3)18(13)20(28)25-17-9-12(2)5-7-15(17)22/h4-10H,1-3H3,(H,24,27)(H,25,28). The first-order chi connectivity index (χ1) is 13.3. The van der Waals surface area contributed by atoms with Crippen LogP contribution in [-0.2, 0) is 7.05 Å². The maximum absolute atomic E-state index is 13.9. The number of hydrogen-bond acceptors (Lipinski definition) is 3. The Morgan fingerprint density at radius 1 is 0.893 bits per heavy atom. The molecule has 0 unspecified atom stereocenters. The SMILES string of the molecule is Cc1ccc(F)c(NC(=O)c2cnn(C)c2C(=O)Nc2cc(C)ccc2F)c1. The van der Waals surface area contributed by atoms with Crippen molar-refractivity contribution >= 4 is 23.2 Å². The smallest absolute Gasteiger partial charge is 0.274 e. The molecule has 0 aliphatic rings. The van der Waals surface area contributed by atoms with Gasteiger partial charge in [0.05, 0.1) is 23.1 Å². The molecule has 0 radical (unpaired) electrons. The molecule has 0 fully saturated rings. The Bertz CT molecular complexity index is 1080. The fourth-order valence-corrected chi connectivity index (χ4v) is 2.71. The number of anilines is 2. The summed E-state index contributed by atoms with van der Waals surface area (Å²) >= 11 is 0. The van der Waals surface area contributed by atoms with Crippen molar-refractivity contribution in [2.75, 3.05) is 10.6 Å². The Hall–Kier alpha value is -3.55.